The average molecular weight is 385 g/mol. The number of benzene rings is 1. The molecule has 11 heteroatoms. The van der Waals surface area contributed by atoms with Crippen LogP contribution in [0.3, 0.4) is 0 Å². The van der Waals surface area contributed by atoms with Crippen LogP contribution in [0.2, 0.25) is 0 Å². The van der Waals surface area contributed by atoms with Gasteiger partial charge in [-0.15, -0.1) is 0 Å². The van der Waals surface area contributed by atoms with Crippen LogP contribution < -0.4 is 0 Å². The number of quaternary nitrogens is 1. The van der Waals surface area contributed by atoms with Gasteiger partial charge in [0.2, 0.25) is 10.4 Å². The van der Waals surface area contributed by atoms with Crippen molar-refractivity contribution >= 4 is 20.8 Å². The first-order valence-corrected chi connectivity index (χ1v) is 9.86. The lowest BCUT2D eigenvalue weighted by Crippen LogP contribution is -2.46. The fourth-order valence-electron chi connectivity index (χ4n) is 2.05. The van der Waals surface area contributed by atoms with Gasteiger partial charge in [-0.3, -0.25) is 4.55 Å². The van der Waals surface area contributed by atoms with E-state index in [4.69, 9.17) is 4.55 Å². The molecule has 0 aliphatic carbocycles. The normalized spacial score (nSPS) is 12.4. The molecule has 0 aliphatic rings. The van der Waals surface area contributed by atoms with Crippen LogP contribution in [-0.2, 0) is 36.0 Å². The van der Waals surface area contributed by atoms with Gasteiger partial charge in [-0.05, 0) is 20.8 Å². The van der Waals surface area contributed by atoms with Crippen LogP contribution in [0.4, 0.5) is 0 Å². The molecule has 24 heavy (non-hydrogen) atoms. The summed E-state index contributed by atoms with van der Waals surface area (Å²) < 4.78 is 61.4. The molecule has 0 aliphatic heterocycles. The van der Waals surface area contributed by atoms with Gasteiger partial charge in [-0.2, -0.15) is 8.42 Å². The Hall–Kier alpha value is -1.08. The average Bonchev–Trinajstić information content (AvgIpc) is 2.51. The number of hydrogen-bond donors (Lipinski definition) is 1. The van der Waals surface area contributed by atoms with E-state index in [1.165, 1.54) is 36.2 Å². The zero-order chi connectivity index (χ0) is 18.9. The molecule has 0 amide bonds. The van der Waals surface area contributed by atoms with Crippen LogP contribution in [0.5, 0.6) is 0 Å². The minimum atomic E-state index is -5.27. The molecule has 0 spiro atoms. The third kappa shape index (κ3) is 10.6. The summed E-state index contributed by atoms with van der Waals surface area (Å²) in [6.45, 7) is 11.7. The third-order valence-electron chi connectivity index (χ3n) is 3.57. The van der Waals surface area contributed by atoms with E-state index in [2.05, 4.69) is 59.8 Å². The molecule has 9 nitrogen and oxygen atoms in total. The molecular formula is C13H23NO8S2. The van der Waals surface area contributed by atoms with E-state index in [-0.39, 0.29) is 0 Å². The quantitative estimate of drug-likeness (QED) is 0.233. The Morgan fingerprint density at radius 2 is 1.42 bits per heavy atom. The predicted molar refractivity (Wildman–Crippen MR) is 85.4 cm³/mol. The van der Waals surface area contributed by atoms with Crippen molar-refractivity contribution in [1.29, 1.82) is 0 Å². The van der Waals surface area contributed by atoms with Crippen LogP contribution in [0.25, 0.3) is 0 Å². The maximum absolute atomic E-state index is 9.48. The van der Waals surface area contributed by atoms with E-state index in [1.807, 2.05) is 0 Å². The molecule has 0 aromatic heterocycles. The van der Waals surface area contributed by atoms with Crippen molar-refractivity contribution in [3.05, 3.63) is 35.9 Å². The van der Waals surface area contributed by atoms with Crippen LogP contribution >= 0.6 is 0 Å². The second kappa shape index (κ2) is 10.0. The maximum Gasteiger partial charge on any atom is 0.425 e. The van der Waals surface area contributed by atoms with Gasteiger partial charge in [-0.1, -0.05) is 39.0 Å². The van der Waals surface area contributed by atoms with Crippen LogP contribution in [0.1, 0.15) is 26.3 Å². The number of rotatable bonds is 8. The first-order valence-electron chi connectivity index (χ1n) is 7.17. The van der Waals surface area contributed by atoms with Gasteiger partial charge in [0.25, 0.3) is 0 Å². The summed E-state index contributed by atoms with van der Waals surface area (Å²) >= 11 is 0. The molecule has 0 heterocycles. The lowest BCUT2D eigenvalue weighted by molar-refractivity contribution is -0.936. The van der Waals surface area contributed by atoms with Crippen LogP contribution in [-0.4, -0.2) is 50.1 Å². The molecule has 0 saturated heterocycles. The molecule has 1 rings (SSSR count). The zero-order valence-corrected chi connectivity index (χ0v) is 15.4. The lowest BCUT2D eigenvalue weighted by Gasteiger charge is -2.35. The number of nitrogens with zero attached hydrogens (tertiary/aromatic N) is 1. The summed E-state index contributed by atoms with van der Waals surface area (Å²) in [6, 6.07) is 10.8. The Kier molecular flexibility index (Phi) is 9.58. The van der Waals surface area contributed by atoms with Crippen molar-refractivity contribution < 1.29 is 39.1 Å². The van der Waals surface area contributed by atoms with Gasteiger partial charge >= 0.3 is 10.4 Å². The van der Waals surface area contributed by atoms with Crippen molar-refractivity contribution in [3.8, 4) is 0 Å². The maximum atomic E-state index is 9.48. The standard InChI is InChI=1S/C13H22N.H2O8S2/c1-4-14(5-2,6-3)12-13-10-8-7-9-11-13;1-9(2,3)7-8-10(4,5)6/h7-11H,4-6,12H2,1-3H3;(H,1,2,3)(H,4,5,6)/q+1;/p-1. The third-order valence-corrected chi connectivity index (χ3v) is 4.13. The fraction of sp³-hybridized carbons (Fsp3) is 0.538. The summed E-state index contributed by atoms with van der Waals surface area (Å²) in [4.78, 5) is 0. The topological polar surface area (TPSA) is 130 Å². The summed E-state index contributed by atoms with van der Waals surface area (Å²) in [6.07, 6.45) is 0. The second-order valence-electron chi connectivity index (χ2n) is 4.91. The molecule has 1 aromatic rings. The van der Waals surface area contributed by atoms with Gasteiger partial charge in [0.15, 0.2) is 0 Å². The molecule has 1 N–H and O–H groups in total. The molecule has 0 saturated carbocycles. The molecular weight excluding hydrogens is 362 g/mol. The van der Waals surface area contributed by atoms with E-state index >= 15 is 0 Å². The zero-order valence-electron chi connectivity index (χ0n) is 13.8. The summed E-state index contributed by atoms with van der Waals surface area (Å²) in [7, 11) is -10.3. The predicted octanol–water partition coefficient (Wildman–Crippen LogP) is 1.26. The Morgan fingerprint density at radius 3 is 1.71 bits per heavy atom. The summed E-state index contributed by atoms with van der Waals surface area (Å²) in [5.41, 5.74) is 1.46. The van der Waals surface area contributed by atoms with Crippen molar-refractivity contribution in [2.75, 3.05) is 19.6 Å². The molecule has 1 aromatic carbocycles. The van der Waals surface area contributed by atoms with Crippen molar-refractivity contribution in [1.82, 2.24) is 0 Å². The second-order valence-corrected chi connectivity index (χ2v) is 6.85. The Balaban J connectivity index is 0.000000470. The lowest BCUT2D eigenvalue weighted by atomic mass is 10.2. The Labute approximate surface area is 143 Å². The van der Waals surface area contributed by atoms with Gasteiger partial charge in [-0.25, -0.2) is 8.42 Å². The smallest absolute Gasteiger partial charge is 0.425 e. The number of hydrogen-bond acceptors (Lipinski definition) is 7. The summed E-state index contributed by atoms with van der Waals surface area (Å²) in [5, 5.41) is 0. The Morgan fingerprint density at radius 1 is 0.958 bits per heavy atom. The van der Waals surface area contributed by atoms with Crippen LogP contribution in [0.15, 0.2) is 30.3 Å². The van der Waals surface area contributed by atoms with Crippen molar-refractivity contribution in [2.24, 2.45) is 0 Å². The first kappa shape index (κ1) is 22.9. The van der Waals surface area contributed by atoms with Crippen LogP contribution in [0, 0.1) is 0 Å². The molecule has 140 valence electrons. The monoisotopic (exact) mass is 385 g/mol. The van der Waals surface area contributed by atoms with E-state index in [1.54, 1.807) is 0 Å². The highest BCUT2D eigenvalue weighted by Gasteiger charge is 2.20. The largest absolute Gasteiger partial charge is 0.724 e. The van der Waals surface area contributed by atoms with E-state index in [9.17, 15) is 21.4 Å². The minimum absolute atomic E-state index is 1.17. The highest BCUT2D eigenvalue weighted by molar-refractivity contribution is 7.83. The van der Waals surface area contributed by atoms with E-state index in [0.29, 0.717) is 0 Å². The van der Waals surface area contributed by atoms with Crippen molar-refractivity contribution in [3.63, 3.8) is 0 Å². The summed E-state index contributed by atoms with van der Waals surface area (Å²) in [5.74, 6) is 0. The molecule has 0 fully saturated rings. The fourth-order valence-corrected chi connectivity index (χ4v) is 2.60. The first-order chi connectivity index (χ1) is 11.0. The van der Waals surface area contributed by atoms with Crippen molar-refractivity contribution in [2.45, 2.75) is 27.3 Å². The minimum Gasteiger partial charge on any atom is -0.724 e. The molecule has 0 bridgehead atoms. The highest BCUT2D eigenvalue weighted by Crippen LogP contribution is 2.13. The SMILES string of the molecule is CC[N+](CC)(CC)Cc1ccccc1.O=S(=O)([O-])OOS(=O)(=O)O. The van der Waals surface area contributed by atoms with Gasteiger partial charge in [0, 0.05) is 5.56 Å². The van der Waals surface area contributed by atoms with Gasteiger partial charge < -0.3 is 9.04 Å². The van der Waals surface area contributed by atoms with E-state index < -0.39 is 20.8 Å². The highest BCUT2D eigenvalue weighted by atomic mass is 32.3. The van der Waals surface area contributed by atoms with Gasteiger partial charge in [0.05, 0.1) is 19.6 Å². The molecule has 0 unspecified atom stereocenters. The molecule has 0 atom stereocenters. The van der Waals surface area contributed by atoms with E-state index in [0.717, 1.165) is 0 Å². The van der Waals surface area contributed by atoms with Gasteiger partial charge in [0.1, 0.15) is 6.54 Å². The molecule has 0 radical (unpaired) electrons. The Bertz CT molecular complexity index is 629.